The predicted octanol–water partition coefficient (Wildman–Crippen LogP) is 15.1. The number of hydrogen-bond donors (Lipinski definition) is 0. The average molecular weight is 844 g/mol. The van der Waals surface area contributed by atoms with Crippen LogP contribution < -0.4 is 4.74 Å². The van der Waals surface area contributed by atoms with E-state index in [4.69, 9.17) is 19.7 Å². The van der Waals surface area contributed by atoms with Gasteiger partial charge in [0.1, 0.15) is 11.5 Å². The van der Waals surface area contributed by atoms with Gasteiger partial charge in [-0.1, -0.05) is 206 Å². The smallest absolute Gasteiger partial charge is 0.164 e. The SMILES string of the molecule is C1=CC2C(c3ccccc31)c1ccc(-c3cccc(-c4nc(-c5ccccc5)nc(-c5ccc(-c6ccccc6)c(-c6ccccc6)c5)n4)c3)cc1C21c2ccccc2Oc2ccccc21. The highest BCUT2D eigenvalue weighted by Gasteiger charge is 2.58. The summed E-state index contributed by atoms with van der Waals surface area (Å²) in [7, 11) is 0. The van der Waals surface area contributed by atoms with Crippen LogP contribution in [0.5, 0.6) is 11.5 Å². The van der Waals surface area contributed by atoms with Crippen LogP contribution in [-0.2, 0) is 5.41 Å². The zero-order valence-corrected chi connectivity index (χ0v) is 35.9. The van der Waals surface area contributed by atoms with E-state index in [0.29, 0.717) is 17.5 Å². The van der Waals surface area contributed by atoms with E-state index >= 15 is 0 Å². The van der Waals surface area contributed by atoms with Crippen LogP contribution in [0, 0.1) is 5.92 Å². The van der Waals surface area contributed by atoms with Crippen LogP contribution in [0.4, 0.5) is 0 Å². The largest absolute Gasteiger partial charge is 0.457 e. The molecule has 0 N–H and O–H groups in total. The van der Waals surface area contributed by atoms with Gasteiger partial charge in [0.05, 0.1) is 5.41 Å². The average Bonchev–Trinajstić information content (AvgIpc) is 3.69. The Morgan fingerprint density at radius 2 is 0.864 bits per heavy atom. The number of benzene rings is 9. The third-order valence-electron chi connectivity index (χ3n) is 13.9. The molecular formula is C62H41N3O. The third-order valence-corrected chi connectivity index (χ3v) is 13.9. The Morgan fingerprint density at radius 1 is 0.348 bits per heavy atom. The van der Waals surface area contributed by atoms with Crippen LogP contribution in [0.1, 0.15) is 39.3 Å². The molecule has 13 rings (SSSR count). The molecule has 0 saturated heterocycles. The Bertz CT molecular complexity index is 3480. The lowest BCUT2D eigenvalue weighted by atomic mass is 9.60. The van der Waals surface area contributed by atoms with Crippen LogP contribution in [0.15, 0.2) is 231 Å². The van der Waals surface area contributed by atoms with Gasteiger partial charge in [-0.05, 0) is 86.0 Å². The minimum absolute atomic E-state index is 0.138. The first kappa shape index (κ1) is 38.0. The van der Waals surface area contributed by atoms with Crippen LogP contribution >= 0.6 is 0 Å². The van der Waals surface area contributed by atoms with E-state index in [1.165, 1.54) is 33.4 Å². The summed E-state index contributed by atoms with van der Waals surface area (Å²) in [6.45, 7) is 0. The van der Waals surface area contributed by atoms with Crippen molar-refractivity contribution >= 4 is 6.08 Å². The van der Waals surface area contributed by atoms with Crippen LogP contribution in [0.25, 0.3) is 73.6 Å². The molecule has 2 aliphatic carbocycles. The zero-order chi connectivity index (χ0) is 43.6. The maximum Gasteiger partial charge on any atom is 0.164 e. The molecule has 4 nitrogen and oxygen atoms in total. The minimum atomic E-state index is -0.481. The van der Waals surface area contributed by atoms with Crippen LogP contribution in [0.2, 0.25) is 0 Å². The number of fused-ring (bicyclic) bond motifs is 11. The molecule has 1 aromatic heterocycles. The molecule has 66 heavy (non-hydrogen) atoms. The van der Waals surface area contributed by atoms with Gasteiger partial charge in [0.2, 0.25) is 0 Å². The minimum Gasteiger partial charge on any atom is -0.457 e. The summed E-state index contributed by atoms with van der Waals surface area (Å²) in [4.78, 5) is 15.6. The molecule has 0 bridgehead atoms. The normalized spacial score (nSPS) is 15.8. The van der Waals surface area contributed by atoms with E-state index in [2.05, 4.69) is 218 Å². The maximum absolute atomic E-state index is 6.70. The fraction of sp³-hybridized carbons (Fsp3) is 0.0484. The Labute approximate surface area is 384 Å². The Hall–Kier alpha value is -8.47. The van der Waals surface area contributed by atoms with Crippen molar-refractivity contribution in [2.24, 2.45) is 5.92 Å². The number of aromatic nitrogens is 3. The number of ether oxygens (including phenoxy) is 1. The van der Waals surface area contributed by atoms with Crippen molar-refractivity contribution in [1.82, 2.24) is 15.0 Å². The second-order valence-corrected chi connectivity index (χ2v) is 17.4. The summed E-state index contributed by atoms with van der Waals surface area (Å²) in [5.41, 5.74) is 16.8. The first-order valence-corrected chi connectivity index (χ1v) is 22.7. The summed E-state index contributed by atoms with van der Waals surface area (Å²) < 4.78 is 6.70. The predicted molar refractivity (Wildman–Crippen MR) is 266 cm³/mol. The molecule has 4 heteroatoms. The number of hydrogen-bond acceptors (Lipinski definition) is 4. The van der Waals surface area contributed by atoms with E-state index in [1.807, 2.05) is 18.2 Å². The van der Waals surface area contributed by atoms with Crippen molar-refractivity contribution in [3.63, 3.8) is 0 Å². The quantitative estimate of drug-likeness (QED) is 0.167. The molecule has 2 unspecified atom stereocenters. The van der Waals surface area contributed by atoms with Crippen LogP contribution in [-0.4, -0.2) is 15.0 Å². The van der Waals surface area contributed by atoms with Crippen LogP contribution in [0.3, 0.4) is 0 Å². The summed E-state index contributed by atoms with van der Waals surface area (Å²) in [5.74, 6) is 3.99. The standard InChI is InChI=1S/C62H41N3O/c1-4-17-40(18-5-1)48-34-32-47(38-51(48)41-19-6-2-7-20-41)61-64-59(43-22-8-3-9-23-43)63-60(65-61)46-25-16-24-44(37-46)45-31-35-50-55(39-45)62(54-36-33-42-21-10-11-26-49(42)58(50)54)52-27-12-14-29-56(52)66-57-30-15-13-28-53(57)62/h1-39,54,58H. The molecule has 3 aliphatic rings. The molecule has 0 saturated carbocycles. The molecule has 1 aliphatic heterocycles. The second kappa shape index (κ2) is 15.4. The molecule has 9 aromatic carbocycles. The van der Waals surface area contributed by atoms with E-state index in [1.54, 1.807) is 0 Å². The highest BCUT2D eigenvalue weighted by Crippen LogP contribution is 2.66. The monoisotopic (exact) mass is 843 g/mol. The number of allylic oxidation sites excluding steroid dienone is 1. The summed E-state index contributed by atoms with van der Waals surface area (Å²) in [6.07, 6.45) is 4.80. The Kier molecular flexibility index (Phi) is 8.85. The van der Waals surface area contributed by atoms with Crippen molar-refractivity contribution in [2.75, 3.05) is 0 Å². The molecule has 2 heterocycles. The zero-order valence-electron chi connectivity index (χ0n) is 35.9. The topological polar surface area (TPSA) is 47.9 Å². The Balaban J connectivity index is 0.976. The van der Waals surface area contributed by atoms with Crippen molar-refractivity contribution in [1.29, 1.82) is 0 Å². The van der Waals surface area contributed by atoms with E-state index in [0.717, 1.165) is 61.6 Å². The van der Waals surface area contributed by atoms with Gasteiger partial charge in [-0.25, -0.2) is 15.0 Å². The molecule has 2 atom stereocenters. The van der Waals surface area contributed by atoms with Gasteiger partial charge >= 0.3 is 0 Å². The highest BCUT2D eigenvalue weighted by molar-refractivity contribution is 5.87. The van der Waals surface area contributed by atoms with Crippen molar-refractivity contribution in [3.8, 4) is 79.0 Å². The third kappa shape index (κ3) is 6.03. The van der Waals surface area contributed by atoms with Gasteiger partial charge in [-0.3, -0.25) is 0 Å². The van der Waals surface area contributed by atoms with Gasteiger partial charge in [0.25, 0.3) is 0 Å². The molecule has 0 fully saturated rings. The van der Waals surface area contributed by atoms with Gasteiger partial charge in [0, 0.05) is 39.7 Å². The summed E-state index contributed by atoms with van der Waals surface area (Å²) in [6, 6.07) is 79.9. The van der Waals surface area contributed by atoms with Crippen molar-refractivity contribution in [3.05, 3.63) is 264 Å². The van der Waals surface area contributed by atoms with Gasteiger partial charge in [-0.2, -0.15) is 0 Å². The second-order valence-electron chi connectivity index (χ2n) is 17.4. The van der Waals surface area contributed by atoms with E-state index in [-0.39, 0.29) is 11.8 Å². The first-order valence-electron chi connectivity index (χ1n) is 22.7. The van der Waals surface area contributed by atoms with Gasteiger partial charge in [-0.15, -0.1) is 0 Å². The van der Waals surface area contributed by atoms with Crippen molar-refractivity contribution in [2.45, 2.75) is 11.3 Å². The first-order chi connectivity index (χ1) is 32.7. The molecule has 10 aromatic rings. The van der Waals surface area contributed by atoms with Gasteiger partial charge in [0.15, 0.2) is 17.5 Å². The summed E-state index contributed by atoms with van der Waals surface area (Å²) in [5, 5.41) is 0. The summed E-state index contributed by atoms with van der Waals surface area (Å²) >= 11 is 0. The van der Waals surface area contributed by atoms with E-state index < -0.39 is 5.41 Å². The highest BCUT2D eigenvalue weighted by atomic mass is 16.5. The molecule has 1 spiro atoms. The molecule has 0 radical (unpaired) electrons. The fourth-order valence-electron chi connectivity index (χ4n) is 11.0. The van der Waals surface area contributed by atoms with Crippen molar-refractivity contribution < 1.29 is 4.74 Å². The number of para-hydroxylation sites is 2. The maximum atomic E-state index is 6.70. The molecule has 0 amide bonds. The number of nitrogens with zero attached hydrogens (tertiary/aromatic N) is 3. The fourth-order valence-corrected chi connectivity index (χ4v) is 11.0. The molecule has 310 valence electrons. The van der Waals surface area contributed by atoms with Gasteiger partial charge < -0.3 is 4.74 Å². The Morgan fingerprint density at radius 3 is 1.56 bits per heavy atom. The molecular weight excluding hydrogens is 803 g/mol. The lowest BCUT2D eigenvalue weighted by molar-refractivity contribution is 0.372. The van der Waals surface area contributed by atoms with E-state index in [9.17, 15) is 0 Å². The number of rotatable bonds is 6. The lowest BCUT2D eigenvalue weighted by Gasteiger charge is -2.43. The lowest BCUT2D eigenvalue weighted by Crippen LogP contribution is -2.38.